The number of thioether (sulfide) groups is 1. The lowest BCUT2D eigenvalue weighted by atomic mass is 10.1. The first kappa shape index (κ1) is 12.2. The van der Waals surface area contributed by atoms with Crippen molar-refractivity contribution in [3.8, 4) is 0 Å². The maximum Gasteiger partial charge on any atom is 0.306 e. The van der Waals surface area contributed by atoms with Crippen LogP contribution >= 0.6 is 11.8 Å². The summed E-state index contributed by atoms with van der Waals surface area (Å²) in [4.78, 5) is 11.2. The molecule has 1 aliphatic carbocycles. The van der Waals surface area contributed by atoms with Gasteiger partial charge < -0.3 is 10.1 Å². The fourth-order valence-corrected chi connectivity index (χ4v) is 3.79. The van der Waals surface area contributed by atoms with Crippen LogP contribution in [0.25, 0.3) is 0 Å². The Labute approximate surface area is 102 Å². The van der Waals surface area contributed by atoms with Gasteiger partial charge in [-0.2, -0.15) is 11.8 Å². The second-order valence-corrected chi connectivity index (χ2v) is 6.16. The normalized spacial score (nSPS) is 26.7. The van der Waals surface area contributed by atoms with E-state index in [-0.39, 0.29) is 5.97 Å². The lowest BCUT2D eigenvalue weighted by molar-refractivity contribution is -0.141. The molecule has 1 aliphatic heterocycles. The van der Waals surface area contributed by atoms with Crippen LogP contribution < -0.4 is 5.32 Å². The Bertz CT molecular complexity index is 247. The van der Waals surface area contributed by atoms with E-state index in [0.29, 0.717) is 11.8 Å². The Balaban J connectivity index is 1.63. The van der Waals surface area contributed by atoms with Crippen molar-refractivity contribution in [3.63, 3.8) is 0 Å². The summed E-state index contributed by atoms with van der Waals surface area (Å²) in [6.07, 6.45) is 4.35. The lowest BCUT2D eigenvalue weighted by Gasteiger charge is -2.14. The predicted molar refractivity (Wildman–Crippen MR) is 66.6 cm³/mol. The van der Waals surface area contributed by atoms with Gasteiger partial charge in [0.25, 0.3) is 0 Å². The minimum atomic E-state index is -0.0411. The van der Waals surface area contributed by atoms with Gasteiger partial charge in [-0.25, -0.2) is 0 Å². The van der Waals surface area contributed by atoms with Crippen molar-refractivity contribution in [3.05, 3.63) is 0 Å². The topological polar surface area (TPSA) is 38.3 Å². The van der Waals surface area contributed by atoms with E-state index in [2.05, 4.69) is 5.32 Å². The molecule has 1 N–H and O–H groups in total. The number of hydrogen-bond acceptors (Lipinski definition) is 4. The van der Waals surface area contributed by atoms with Crippen LogP contribution in [0, 0.1) is 11.3 Å². The highest BCUT2D eigenvalue weighted by molar-refractivity contribution is 7.99. The van der Waals surface area contributed by atoms with Crippen molar-refractivity contribution in [2.75, 3.05) is 31.7 Å². The highest BCUT2D eigenvalue weighted by Crippen LogP contribution is 2.51. The molecule has 2 fully saturated rings. The predicted octanol–water partition coefficient (Wildman–Crippen LogP) is 1.67. The van der Waals surface area contributed by atoms with Gasteiger partial charge in [-0.1, -0.05) is 0 Å². The van der Waals surface area contributed by atoms with Crippen molar-refractivity contribution in [2.45, 2.75) is 25.7 Å². The van der Waals surface area contributed by atoms with Crippen LogP contribution in [0.15, 0.2) is 0 Å². The van der Waals surface area contributed by atoms with Crippen molar-refractivity contribution < 1.29 is 9.53 Å². The molecule has 0 aromatic heterocycles. The molecule has 0 radical (unpaired) electrons. The number of methoxy groups -OCH3 is 1. The smallest absolute Gasteiger partial charge is 0.306 e. The first-order chi connectivity index (χ1) is 7.74. The van der Waals surface area contributed by atoms with Crippen LogP contribution in [-0.2, 0) is 9.53 Å². The summed E-state index contributed by atoms with van der Waals surface area (Å²) in [5.74, 6) is 3.19. The Morgan fingerprint density at radius 1 is 1.56 bits per heavy atom. The van der Waals surface area contributed by atoms with Crippen LogP contribution in [0.3, 0.4) is 0 Å². The molecule has 0 aromatic carbocycles. The zero-order valence-corrected chi connectivity index (χ0v) is 10.8. The molecule has 1 saturated heterocycles. The largest absolute Gasteiger partial charge is 0.469 e. The Morgan fingerprint density at radius 3 is 2.94 bits per heavy atom. The summed E-state index contributed by atoms with van der Waals surface area (Å²) in [6, 6.07) is 0. The summed E-state index contributed by atoms with van der Waals surface area (Å²) in [5, 5.41) is 3.39. The minimum absolute atomic E-state index is 0.0411. The van der Waals surface area contributed by atoms with E-state index in [9.17, 15) is 4.79 Å². The summed E-state index contributed by atoms with van der Waals surface area (Å²) < 4.78 is 4.75. The van der Waals surface area contributed by atoms with E-state index < -0.39 is 0 Å². The van der Waals surface area contributed by atoms with E-state index in [1.54, 1.807) is 0 Å². The first-order valence-corrected chi connectivity index (χ1v) is 7.25. The molecule has 1 unspecified atom stereocenters. The number of hydrogen-bond donors (Lipinski definition) is 1. The summed E-state index contributed by atoms with van der Waals surface area (Å²) >= 11 is 2.02. The van der Waals surface area contributed by atoms with Crippen LogP contribution in [0.1, 0.15) is 25.7 Å². The maximum absolute atomic E-state index is 11.2. The fraction of sp³-hybridized carbons (Fsp3) is 0.917. The molecular formula is C12H21NO2S. The number of rotatable bonds is 6. The summed E-state index contributed by atoms with van der Waals surface area (Å²) in [5.41, 5.74) is 0.295. The molecular weight excluding hydrogens is 222 g/mol. The van der Waals surface area contributed by atoms with E-state index >= 15 is 0 Å². The van der Waals surface area contributed by atoms with Gasteiger partial charge in [-0.15, -0.1) is 0 Å². The minimum Gasteiger partial charge on any atom is -0.469 e. The number of carbonyl (C=O) groups excluding carboxylic acids is 1. The summed E-state index contributed by atoms with van der Waals surface area (Å²) in [6.45, 7) is 2.36. The molecule has 0 bridgehead atoms. The SMILES string of the molecule is COC(=O)CC1(CSCC2CCNC2)CC1. The Morgan fingerprint density at radius 2 is 2.38 bits per heavy atom. The van der Waals surface area contributed by atoms with Gasteiger partial charge in [0.2, 0.25) is 0 Å². The van der Waals surface area contributed by atoms with E-state index in [1.807, 2.05) is 11.8 Å². The van der Waals surface area contributed by atoms with Gasteiger partial charge in [0.15, 0.2) is 0 Å². The van der Waals surface area contributed by atoms with Crippen molar-refractivity contribution >= 4 is 17.7 Å². The molecule has 2 aliphatic rings. The van der Waals surface area contributed by atoms with Crippen LogP contribution in [0.2, 0.25) is 0 Å². The van der Waals surface area contributed by atoms with Crippen molar-refractivity contribution in [1.29, 1.82) is 0 Å². The highest BCUT2D eigenvalue weighted by Gasteiger charge is 2.44. The molecule has 0 spiro atoms. The first-order valence-electron chi connectivity index (χ1n) is 6.09. The number of nitrogens with one attached hydrogen (secondary N) is 1. The number of esters is 1. The van der Waals surface area contributed by atoms with E-state index in [1.165, 1.54) is 45.2 Å². The maximum atomic E-state index is 11.2. The summed E-state index contributed by atoms with van der Waals surface area (Å²) in [7, 11) is 1.48. The molecule has 0 aromatic rings. The second kappa shape index (κ2) is 5.41. The molecule has 16 heavy (non-hydrogen) atoms. The Kier molecular flexibility index (Phi) is 4.14. The van der Waals surface area contributed by atoms with Gasteiger partial charge in [0.1, 0.15) is 0 Å². The second-order valence-electron chi connectivity index (χ2n) is 5.13. The lowest BCUT2D eigenvalue weighted by Crippen LogP contribution is -2.15. The monoisotopic (exact) mass is 243 g/mol. The average Bonchev–Trinajstić information content (AvgIpc) is 2.83. The number of ether oxygens (including phenoxy) is 1. The van der Waals surface area contributed by atoms with Gasteiger partial charge in [0, 0.05) is 0 Å². The third-order valence-electron chi connectivity index (χ3n) is 3.63. The van der Waals surface area contributed by atoms with Gasteiger partial charge >= 0.3 is 5.97 Å². The number of carbonyl (C=O) groups is 1. The van der Waals surface area contributed by atoms with Crippen LogP contribution in [0.5, 0.6) is 0 Å². The molecule has 1 atom stereocenters. The van der Waals surface area contributed by atoms with Crippen LogP contribution in [-0.4, -0.2) is 37.7 Å². The molecule has 92 valence electrons. The molecule has 2 rings (SSSR count). The van der Waals surface area contributed by atoms with Gasteiger partial charge in [-0.05, 0) is 55.2 Å². The zero-order chi connectivity index (χ0) is 11.4. The van der Waals surface area contributed by atoms with Crippen LogP contribution in [0.4, 0.5) is 0 Å². The standard InChI is InChI=1S/C12H21NO2S/c1-15-11(14)6-12(3-4-12)9-16-8-10-2-5-13-7-10/h10,13H,2-9H2,1H3. The molecule has 3 nitrogen and oxygen atoms in total. The zero-order valence-electron chi connectivity index (χ0n) is 9.96. The van der Waals surface area contributed by atoms with Crippen molar-refractivity contribution in [2.24, 2.45) is 11.3 Å². The molecule has 0 amide bonds. The molecule has 4 heteroatoms. The average molecular weight is 243 g/mol. The van der Waals surface area contributed by atoms with Gasteiger partial charge in [0.05, 0.1) is 13.5 Å². The van der Waals surface area contributed by atoms with E-state index in [4.69, 9.17) is 4.74 Å². The van der Waals surface area contributed by atoms with E-state index in [0.717, 1.165) is 11.7 Å². The Hall–Kier alpha value is -0.220. The third-order valence-corrected chi connectivity index (χ3v) is 5.15. The van der Waals surface area contributed by atoms with Gasteiger partial charge in [-0.3, -0.25) is 4.79 Å². The highest BCUT2D eigenvalue weighted by atomic mass is 32.2. The molecule has 1 saturated carbocycles. The third kappa shape index (κ3) is 3.39. The quantitative estimate of drug-likeness (QED) is 0.720. The van der Waals surface area contributed by atoms with Crippen molar-refractivity contribution in [1.82, 2.24) is 5.32 Å². The fourth-order valence-electron chi connectivity index (χ4n) is 2.23. The molecule has 1 heterocycles.